The molecule has 0 saturated carbocycles. The van der Waals surface area contributed by atoms with Gasteiger partial charge in [-0.2, -0.15) is 0 Å². The van der Waals surface area contributed by atoms with Crippen LogP contribution in [0, 0.1) is 5.41 Å². The van der Waals surface area contributed by atoms with Crippen molar-refractivity contribution in [1.29, 1.82) is 5.41 Å². The maximum atomic E-state index is 6.25. The summed E-state index contributed by atoms with van der Waals surface area (Å²) in [7, 11) is -0.683. The molecule has 8 heavy (non-hydrogen) atoms. The van der Waals surface area contributed by atoms with Gasteiger partial charge in [0.1, 0.15) is 0 Å². The van der Waals surface area contributed by atoms with Gasteiger partial charge in [-0.05, 0) is 0 Å². The molecule has 0 bridgehead atoms. The van der Waals surface area contributed by atoms with E-state index < -0.39 is 9.18 Å². The second kappa shape index (κ2) is 10.3. The van der Waals surface area contributed by atoms with Crippen LogP contribution >= 0.6 is 54.1 Å². The van der Waals surface area contributed by atoms with Crippen molar-refractivity contribution in [2.24, 2.45) is 5.73 Å². The van der Waals surface area contributed by atoms with E-state index in [1.807, 2.05) is 21.1 Å². The summed E-state index contributed by atoms with van der Waals surface area (Å²) in [4.78, 5) is 0. The van der Waals surface area contributed by atoms with Crippen molar-refractivity contribution >= 4 is 67.4 Å². The minimum absolute atomic E-state index is 0.111. The summed E-state index contributed by atoms with van der Waals surface area (Å²) in [5.74, 6) is 0. The first-order valence-electron chi connectivity index (χ1n) is 1.20. The topological polar surface area (TPSA) is 49.9 Å². The molecule has 0 aromatic carbocycles. The molecule has 7 heteroatoms. The molecular formula is CH3AuBiI3N2. The molecule has 0 fully saturated rings. The molecule has 0 spiro atoms. The molecular weight excluding hydrogens is 827 g/mol. The molecule has 0 aromatic heterocycles. The Morgan fingerprint density at radius 1 is 1.50 bits per heavy atom. The van der Waals surface area contributed by atoms with Crippen molar-refractivity contribution in [2.45, 2.75) is 0 Å². The first kappa shape index (κ1) is 13.8. The van der Waals surface area contributed by atoms with E-state index >= 15 is 0 Å². The Labute approximate surface area is 96.7 Å². The van der Waals surface area contributed by atoms with Gasteiger partial charge in [-0.15, -0.1) is 0 Å². The van der Waals surface area contributed by atoms with E-state index in [1.54, 1.807) is 0 Å². The SMILES string of the molecule is N=[C](N)[Au].[I][Bi]([I])[I]. The van der Waals surface area contributed by atoms with Gasteiger partial charge >= 0.3 is 99.6 Å². The van der Waals surface area contributed by atoms with Crippen LogP contribution in [0.2, 0.25) is 0 Å². The quantitative estimate of drug-likeness (QED) is 0.166. The van der Waals surface area contributed by atoms with Gasteiger partial charge in [0, 0.05) is 0 Å². The standard InChI is InChI=1S/CH3N2.Au.Bi.3HI/c2-1-3;;;;;/h(H3,2,3);;;3*1H/q;;+3;;;/p-3. The molecule has 0 amide bonds. The van der Waals surface area contributed by atoms with Gasteiger partial charge in [0.2, 0.25) is 0 Å². The Morgan fingerprint density at radius 3 is 1.50 bits per heavy atom. The predicted octanol–water partition coefficient (Wildman–Crippen LogP) is 1.70. The monoisotopic (exact) mass is 830 g/mol. The van der Waals surface area contributed by atoms with Crippen LogP contribution in [0.4, 0.5) is 0 Å². The fourth-order valence-electron chi connectivity index (χ4n) is 0. The fraction of sp³-hybridized carbons (Fsp3) is 0. The molecule has 54 valence electrons. The number of hydrogen-bond donors (Lipinski definition) is 2. The molecule has 0 atom stereocenters. The third kappa shape index (κ3) is 59.1. The van der Waals surface area contributed by atoms with Gasteiger partial charge in [-0.1, -0.05) is 0 Å². The van der Waals surface area contributed by atoms with Crippen LogP contribution in [0.1, 0.15) is 0 Å². The Balaban J connectivity index is 0. The number of nitrogens with one attached hydrogen (secondary N) is 1. The summed E-state index contributed by atoms with van der Waals surface area (Å²) in [5, 5.41) is 6.25. The van der Waals surface area contributed by atoms with Gasteiger partial charge in [-0.25, -0.2) is 0 Å². The summed E-state index contributed by atoms with van der Waals surface area (Å²) in [6, 6.07) is 0. The van der Waals surface area contributed by atoms with E-state index in [0.717, 1.165) is 0 Å². The predicted molar refractivity (Wildman–Crippen MR) is 59.7 cm³/mol. The zero-order valence-electron chi connectivity index (χ0n) is 3.46. The molecule has 0 rings (SSSR count). The normalized spacial score (nSPS) is 7.75. The van der Waals surface area contributed by atoms with Crippen molar-refractivity contribution in [3.05, 3.63) is 0 Å². The van der Waals surface area contributed by atoms with Crippen LogP contribution in [0.15, 0.2) is 0 Å². The van der Waals surface area contributed by atoms with Crippen molar-refractivity contribution in [1.82, 2.24) is 0 Å². The molecule has 0 saturated heterocycles. The molecule has 0 aliphatic rings. The second-order valence-electron chi connectivity index (χ2n) is 0.498. The molecule has 0 radical (unpaired) electrons. The summed E-state index contributed by atoms with van der Waals surface area (Å²) in [5.41, 5.74) is 4.67. The molecule has 2 nitrogen and oxygen atoms in total. The molecule has 0 heterocycles. The van der Waals surface area contributed by atoms with E-state index in [2.05, 4.69) is 59.9 Å². The maximum absolute atomic E-state index is 6.25. The Hall–Kier alpha value is 3.28. The van der Waals surface area contributed by atoms with Crippen molar-refractivity contribution in [2.75, 3.05) is 0 Å². The van der Waals surface area contributed by atoms with Crippen LogP contribution < -0.4 is 5.73 Å². The Bertz CT molecular complexity index is 61.5. The molecule has 3 N–H and O–H groups in total. The molecule has 0 unspecified atom stereocenters. The average molecular weight is 830 g/mol. The first-order valence-corrected chi connectivity index (χ1v) is 31.6. The van der Waals surface area contributed by atoms with Crippen LogP contribution in [-0.2, 0) is 21.1 Å². The van der Waals surface area contributed by atoms with Gasteiger partial charge in [-0.3, -0.25) is 0 Å². The number of nitrogens with two attached hydrogens (primary N) is 1. The number of hydrogen-bond acceptors (Lipinski definition) is 1. The second-order valence-corrected chi connectivity index (χ2v) is 77.2. The first-order chi connectivity index (χ1) is 3.46. The van der Waals surface area contributed by atoms with E-state index in [9.17, 15) is 0 Å². The molecule has 0 aliphatic heterocycles. The van der Waals surface area contributed by atoms with Crippen LogP contribution in [0.5, 0.6) is 0 Å². The summed E-state index contributed by atoms with van der Waals surface area (Å²) in [6.07, 6.45) is 0. The Kier molecular flexibility index (Phi) is 17.8. The number of amidine groups is 1. The Morgan fingerprint density at radius 2 is 1.50 bits per heavy atom. The minimum atomic E-state index is -0.683. The van der Waals surface area contributed by atoms with E-state index in [0.29, 0.717) is 0 Å². The van der Waals surface area contributed by atoms with Crippen LogP contribution in [0.25, 0.3) is 0 Å². The van der Waals surface area contributed by atoms with Crippen molar-refractivity contribution in [3.63, 3.8) is 0 Å². The van der Waals surface area contributed by atoms with E-state index in [1.165, 1.54) is 0 Å². The van der Waals surface area contributed by atoms with Gasteiger partial charge < -0.3 is 0 Å². The summed E-state index contributed by atoms with van der Waals surface area (Å²) < 4.78 is 0.111. The molecule has 0 aliphatic carbocycles. The van der Waals surface area contributed by atoms with Gasteiger partial charge in [0.05, 0.1) is 0 Å². The van der Waals surface area contributed by atoms with Gasteiger partial charge in [0.25, 0.3) is 0 Å². The third-order valence-corrected chi connectivity index (χ3v) is 0. The van der Waals surface area contributed by atoms with E-state index in [4.69, 9.17) is 5.41 Å². The zero-order valence-corrected chi connectivity index (χ0v) is 15.6. The fourth-order valence-corrected chi connectivity index (χ4v) is 0. The average Bonchev–Trinajstić information content (AvgIpc) is 1.25. The van der Waals surface area contributed by atoms with Crippen LogP contribution in [-0.4, -0.2) is 13.2 Å². The zero-order chi connectivity index (χ0) is 7.15. The van der Waals surface area contributed by atoms with Crippen molar-refractivity contribution in [3.8, 4) is 0 Å². The third-order valence-electron chi connectivity index (χ3n) is 0. The summed E-state index contributed by atoms with van der Waals surface area (Å²) >= 11 is 9.42. The number of rotatable bonds is 0. The number of halogens is 3. The van der Waals surface area contributed by atoms with Gasteiger partial charge in [0.15, 0.2) is 0 Å². The molecule has 0 aromatic rings. The van der Waals surface area contributed by atoms with Crippen LogP contribution in [0.3, 0.4) is 0 Å². The summed E-state index contributed by atoms with van der Waals surface area (Å²) in [6.45, 7) is 0. The van der Waals surface area contributed by atoms with Crippen molar-refractivity contribution < 1.29 is 21.1 Å². The van der Waals surface area contributed by atoms with E-state index in [-0.39, 0.29) is 4.05 Å².